The summed E-state index contributed by atoms with van der Waals surface area (Å²) in [5.74, 6) is -3.79. The van der Waals surface area contributed by atoms with Crippen molar-refractivity contribution in [3.8, 4) is 23.4 Å². The fraction of sp³-hybridized carbons (Fsp3) is 0.186. The maximum Gasteiger partial charge on any atom is 0.296 e. The van der Waals surface area contributed by atoms with Crippen LogP contribution in [0.25, 0.3) is 37.7 Å². The highest BCUT2D eigenvalue weighted by molar-refractivity contribution is 7.87. The molecule has 8 aromatic rings. The average molecular weight is 1230 g/mol. The Hall–Kier alpha value is -8.36. The molecule has 424 valence electrons. The number of imidazole rings is 1. The molecule has 0 unspecified atom stereocenters. The Morgan fingerprint density at radius 3 is 1.91 bits per heavy atom. The number of hydrogen-bond acceptors (Lipinski definition) is 26. The van der Waals surface area contributed by atoms with Gasteiger partial charge in [-0.25, -0.2) is 9.97 Å². The van der Waals surface area contributed by atoms with Crippen LogP contribution in [-0.2, 0) is 50.6 Å². The van der Waals surface area contributed by atoms with Crippen LogP contribution in [0, 0.1) is 28.4 Å². The van der Waals surface area contributed by atoms with Crippen molar-refractivity contribution in [3.05, 3.63) is 88.0 Å². The second kappa shape index (κ2) is 21.9. The van der Waals surface area contributed by atoms with Crippen molar-refractivity contribution in [2.75, 3.05) is 36.6 Å². The maximum absolute atomic E-state index is 13.0. The van der Waals surface area contributed by atoms with Gasteiger partial charge in [-0.1, -0.05) is 23.5 Å². The van der Waals surface area contributed by atoms with E-state index >= 15 is 0 Å². The van der Waals surface area contributed by atoms with E-state index < -0.39 is 158 Å². The van der Waals surface area contributed by atoms with Crippen molar-refractivity contribution in [2.24, 2.45) is 30.7 Å². The molecular weight excluding hydrogens is 1200 g/mol. The molecule has 38 heteroatoms. The van der Waals surface area contributed by atoms with Crippen molar-refractivity contribution in [3.63, 3.8) is 0 Å². The first-order valence-corrected chi connectivity index (χ1v) is 30.6. The molecule has 0 saturated carbocycles. The van der Waals surface area contributed by atoms with Crippen LogP contribution in [0.1, 0.15) is 24.0 Å². The van der Waals surface area contributed by atoms with Gasteiger partial charge in [0, 0.05) is 42.2 Å². The van der Waals surface area contributed by atoms with E-state index in [9.17, 15) is 90.4 Å². The predicted molar refractivity (Wildman–Crippen MR) is 285 cm³/mol. The maximum atomic E-state index is 13.0. The number of nitriles is 1. The molecule has 8 rings (SSSR count). The molecule has 0 atom stereocenters. The number of benzene rings is 5. The number of non-ortho nitro benzene ring substituents is 1. The monoisotopic (exact) mass is 1230 g/mol. The summed E-state index contributed by atoms with van der Waals surface area (Å²) >= 11 is 0.583. The molecule has 0 amide bonds. The molecule has 0 aliphatic heterocycles. The number of ether oxygens (including phenoxy) is 1. The highest BCUT2D eigenvalue weighted by atomic mass is 32.2. The predicted octanol–water partition coefficient (Wildman–Crippen LogP) is 8.11. The van der Waals surface area contributed by atoms with Gasteiger partial charge in [0.1, 0.15) is 60.3 Å². The molecule has 81 heavy (non-hydrogen) atoms. The van der Waals surface area contributed by atoms with E-state index in [-0.39, 0.29) is 49.4 Å². The van der Waals surface area contributed by atoms with E-state index in [0.717, 1.165) is 31.4 Å². The number of hydrogen-bond donors (Lipinski definition) is 7. The van der Waals surface area contributed by atoms with Gasteiger partial charge in [0.15, 0.2) is 17.1 Å². The number of para-hydroxylation sites is 2. The first-order chi connectivity index (χ1) is 37.8. The Kier molecular flexibility index (Phi) is 15.9. The van der Waals surface area contributed by atoms with E-state index in [0.29, 0.717) is 40.6 Å². The van der Waals surface area contributed by atoms with Gasteiger partial charge in [0.2, 0.25) is 11.0 Å². The second-order valence-corrected chi connectivity index (χ2v) is 25.3. The Morgan fingerprint density at radius 1 is 0.728 bits per heavy atom. The first kappa shape index (κ1) is 58.8. The van der Waals surface area contributed by atoms with Gasteiger partial charge < -0.3 is 19.8 Å². The summed E-state index contributed by atoms with van der Waals surface area (Å²) in [6, 6.07) is 14.2. The summed E-state index contributed by atoms with van der Waals surface area (Å²) < 4.78 is 180. The molecular formula is C43H36N12O20S6. The van der Waals surface area contributed by atoms with Crippen LogP contribution in [0.4, 0.5) is 44.9 Å². The lowest BCUT2D eigenvalue weighted by Gasteiger charge is -2.26. The first-order valence-electron chi connectivity index (χ1n) is 22.3. The molecule has 5 aromatic carbocycles. The van der Waals surface area contributed by atoms with Crippen LogP contribution >= 0.6 is 11.3 Å². The quantitative estimate of drug-likeness (QED) is 0.0164. The minimum absolute atomic E-state index is 0.0155. The number of rotatable bonds is 20. The van der Waals surface area contributed by atoms with Crippen LogP contribution in [-0.4, -0.2) is 126 Å². The fourth-order valence-corrected chi connectivity index (χ4v) is 12.0. The van der Waals surface area contributed by atoms with Gasteiger partial charge in [0.25, 0.3) is 56.3 Å². The Morgan fingerprint density at radius 2 is 1.32 bits per heavy atom. The van der Waals surface area contributed by atoms with Crippen molar-refractivity contribution in [2.45, 2.75) is 34.5 Å². The number of nitro groups is 1. The summed E-state index contributed by atoms with van der Waals surface area (Å²) in [7, 11) is -24.1. The lowest BCUT2D eigenvalue weighted by atomic mass is 10.1. The van der Waals surface area contributed by atoms with Crippen LogP contribution < -0.4 is 9.64 Å². The SMILES string of the molecule is COc1cc(N=Nc2c(S(=O)(=O)O)cc3cc(S(=O)(=O)O)c(N=Nc4c(C)c(C#N)c5nc6ccccc6n5c4O)cc3c2O)c(N(CCCS(=O)(=O)O)CCCS(=O)(=O)O)cc1N=Nc1nc2c(S(=O)(=O)O)cc([N+](=O)[O-])cc2s1. The van der Waals surface area contributed by atoms with Gasteiger partial charge in [-0.05, 0) is 61.5 Å². The number of anilines is 1. The third-order valence-corrected chi connectivity index (χ3v) is 16.8. The number of aromatic nitrogens is 3. The number of pyridine rings is 1. The van der Waals surface area contributed by atoms with Crippen molar-refractivity contribution in [1.29, 1.82) is 5.26 Å². The lowest BCUT2D eigenvalue weighted by molar-refractivity contribution is -0.384. The molecule has 0 spiro atoms. The minimum atomic E-state index is -5.50. The number of aromatic hydroxyl groups is 2. The Labute approximate surface area is 459 Å². The highest BCUT2D eigenvalue weighted by Gasteiger charge is 2.28. The zero-order chi connectivity index (χ0) is 59.3. The third kappa shape index (κ3) is 12.7. The van der Waals surface area contributed by atoms with Gasteiger partial charge >= 0.3 is 0 Å². The van der Waals surface area contributed by atoms with E-state index in [2.05, 4.69) is 40.7 Å². The molecule has 0 fully saturated rings. The van der Waals surface area contributed by atoms with E-state index in [4.69, 9.17) is 4.74 Å². The number of azo groups is 3. The number of fused-ring (bicyclic) bond motifs is 5. The Balaban J connectivity index is 1.31. The van der Waals surface area contributed by atoms with E-state index in [1.807, 2.05) is 6.07 Å². The number of thiazole rings is 1. The number of phenols is 1. The smallest absolute Gasteiger partial charge is 0.296 e. The molecule has 0 bridgehead atoms. The molecule has 32 nitrogen and oxygen atoms in total. The second-order valence-electron chi connectivity index (χ2n) is 17.0. The van der Waals surface area contributed by atoms with Crippen LogP contribution in [0.5, 0.6) is 17.4 Å². The Bertz CT molecular complexity index is 4680. The number of methoxy groups -OCH3 is 1. The standard InChI is InChI=1S/C43H36N12O20S6/c1-21-25(20-44)41-45-26-7-3-4-8-30(26)54(41)42(57)37(21)50-49-29-17-24-22(13-34(29)79(66,67)68)14-35(80(69,70)71)39(40(24)56)51-47-27-19-32(75-2)28(18-31(27)53(9-5-11-77(60,61)62)10-6-12-78(63,64)65)48-52-43-46-38-33(76-43)15-23(55(58)59)16-36(38)81(72,73)74/h3-4,7-8,13-19,56-57H,5-6,9-12H2,1-2H3,(H,60,61,62)(H,63,64,65)(H,66,67,68)(H,69,70,71)(H,72,73,74). The van der Waals surface area contributed by atoms with Gasteiger partial charge in [-0.2, -0.15) is 47.4 Å². The summed E-state index contributed by atoms with van der Waals surface area (Å²) in [4.78, 5) is 17.1. The molecule has 3 heterocycles. The number of nitro benzene ring substituents is 1. The molecule has 3 aromatic heterocycles. The average Bonchev–Trinajstić information content (AvgIpc) is 4.21. The van der Waals surface area contributed by atoms with Crippen molar-refractivity contribution in [1.82, 2.24) is 14.4 Å². The molecule has 0 aliphatic carbocycles. The summed E-state index contributed by atoms with van der Waals surface area (Å²) in [6.45, 7) is 0.596. The van der Waals surface area contributed by atoms with Gasteiger partial charge in [0.05, 0.1) is 45.0 Å². The largest absolute Gasteiger partial charge is 0.505 e. The highest BCUT2D eigenvalue weighted by Crippen LogP contribution is 2.48. The van der Waals surface area contributed by atoms with E-state index in [1.54, 1.807) is 24.3 Å². The molecule has 0 aliphatic rings. The molecule has 0 saturated heterocycles. The van der Waals surface area contributed by atoms with Gasteiger partial charge in [-0.15, -0.1) is 30.7 Å². The van der Waals surface area contributed by atoms with E-state index in [1.165, 1.54) is 16.2 Å². The number of phenolic OH excluding ortho intramolecular Hbond substituents is 1. The molecule has 7 N–H and O–H groups in total. The van der Waals surface area contributed by atoms with Gasteiger partial charge in [-0.3, -0.25) is 37.3 Å². The summed E-state index contributed by atoms with van der Waals surface area (Å²) in [6.07, 6.45) is -0.787. The van der Waals surface area contributed by atoms with Crippen LogP contribution in [0.3, 0.4) is 0 Å². The summed E-state index contributed by atoms with van der Waals surface area (Å²) in [5.41, 5.74) is -3.61. The van der Waals surface area contributed by atoms with Crippen LogP contribution in [0.15, 0.2) is 112 Å². The zero-order valence-corrected chi connectivity index (χ0v) is 45.7. The normalized spacial score (nSPS) is 13.0. The zero-order valence-electron chi connectivity index (χ0n) is 40.8. The third-order valence-electron chi connectivity index (χ3n) is 11.7. The fourth-order valence-electron chi connectivity index (χ4n) is 8.13. The summed E-state index contributed by atoms with van der Waals surface area (Å²) in [5, 5.41) is 67.8. The van der Waals surface area contributed by atoms with Crippen molar-refractivity contribution < 1.29 is 84.7 Å². The lowest BCUT2D eigenvalue weighted by Crippen LogP contribution is -2.28. The topological polar surface area (TPSA) is 496 Å². The minimum Gasteiger partial charge on any atom is -0.505 e. The van der Waals surface area contributed by atoms with Crippen molar-refractivity contribution >= 4 is 145 Å². The van der Waals surface area contributed by atoms with Crippen LogP contribution in [0.2, 0.25) is 0 Å². The molecule has 0 radical (unpaired) electrons. The number of nitrogens with zero attached hydrogens (tertiary/aromatic N) is 12.